The Morgan fingerprint density at radius 3 is 0.898 bits per heavy atom. The SMILES string of the molecule is C.C.C.C.C.C.C.C.C.C.C.C.C.C.C.C.C.C.C.C.C.C.C.C.C.C.C=C.C=CC(=O)OCCOC.C=CC(=O)OCCOC(=O)C=C.CC.CCC(C)CC(=O)C(C)CC(CC)C(=O)C(=O)C(CC(C)C(=O)C(=O)C(CC)C(C)C(C)C(=O)C(=O)C(C)CC)CC(CC)C(=O)OOC.COCCOC.[U].[V]. The van der Waals surface area contributed by atoms with Gasteiger partial charge in [0.2, 0.25) is 34.7 Å². The molecule has 0 spiro atoms. The molecule has 0 aliphatic carbocycles. The van der Waals surface area contributed by atoms with Crippen LogP contribution in [0.25, 0.3) is 0 Å². The maximum absolute atomic E-state index is 13.9. The summed E-state index contributed by atoms with van der Waals surface area (Å²) in [4.78, 5) is 146. The van der Waals surface area contributed by atoms with Crippen molar-refractivity contribution in [3.8, 4) is 0 Å². The van der Waals surface area contributed by atoms with E-state index in [-0.39, 0.29) is 300 Å². The molecule has 0 aliphatic heterocycles. The van der Waals surface area contributed by atoms with Gasteiger partial charge >= 0.3 is 23.9 Å². The molecule has 21 heteroatoms. The Balaban J connectivity index is -0.0000000249. The van der Waals surface area contributed by atoms with Gasteiger partial charge in [-0.25, -0.2) is 19.2 Å². The number of hydrogen-bond acceptors (Lipinski definition) is 19. The van der Waals surface area contributed by atoms with Crippen LogP contribution in [0, 0.1) is 90.3 Å². The van der Waals surface area contributed by atoms with Crippen molar-refractivity contribution in [2.24, 2.45) is 59.2 Å². The van der Waals surface area contributed by atoms with Crippen molar-refractivity contribution in [1.29, 1.82) is 0 Å². The van der Waals surface area contributed by atoms with Crippen LogP contribution < -0.4 is 0 Å². The van der Waals surface area contributed by atoms with Crippen LogP contribution >= 0.6 is 0 Å². The molecule has 19 nitrogen and oxygen atoms in total. The van der Waals surface area contributed by atoms with Crippen molar-refractivity contribution in [3.63, 3.8) is 0 Å². The predicted molar refractivity (Wildman–Crippen MR) is 484 cm³/mol. The van der Waals surface area contributed by atoms with Gasteiger partial charge in [0.15, 0.2) is 0 Å². The first-order chi connectivity index (χ1) is 37.8. The Morgan fingerprint density at radius 2 is 0.630 bits per heavy atom. The van der Waals surface area contributed by atoms with Gasteiger partial charge in [0.1, 0.15) is 25.6 Å². The average Bonchev–Trinajstić information content (AvgIpc) is 3.47. The van der Waals surface area contributed by atoms with Crippen molar-refractivity contribution in [2.45, 2.75) is 341 Å². The number of ketones is 7. The van der Waals surface area contributed by atoms with E-state index < -0.39 is 112 Å². The molecule has 679 valence electrons. The molecule has 1 radical (unpaired) electrons. The van der Waals surface area contributed by atoms with Crippen molar-refractivity contribution < 1.29 is 141 Å². The van der Waals surface area contributed by atoms with Crippen LogP contribution in [0.15, 0.2) is 51.1 Å². The maximum Gasteiger partial charge on any atom is 0.345 e. The van der Waals surface area contributed by atoms with E-state index in [2.05, 4.69) is 66.2 Å². The molecule has 0 saturated heterocycles. The third-order valence-electron chi connectivity index (χ3n) is 12.8. The Kier molecular flexibility index (Phi) is 309. The fourth-order valence-electron chi connectivity index (χ4n) is 7.19. The Labute approximate surface area is 719 Å². The first-order valence-corrected chi connectivity index (χ1v) is 27.7. The van der Waals surface area contributed by atoms with Crippen LogP contribution in [0.1, 0.15) is 341 Å². The fraction of sp³-hybridized carbons (Fsp3) is 0.782. The summed E-state index contributed by atoms with van der Waals surface area (Å²) in [6.45, 7) is 41.1. The molecule has 0 fully saturated rings. The molecule has 0 bridgehead atoms. The van der Waals surface area contributed by atoms with Crippen molar-refractivity contribution >= 4 is 64.4 Å². The number of carbonyl (C=O) groups excluding carboxylic acids is 11. The van der Waals surface area contributed by atoms with Crippen molar-refractivity contribution in [3.05, 3.63) is 51.1 Å². The van der Waals surface area contributed by atoms with Crippen LogP contribution in [0.2, 0.25) is 0 Å². The summed E-state index contributed by atoms with van der Waals surface area (Å²) in [6, 6.07) is 0. The van der Waals surface area contributed by atoms with Gasteiger partial charge in [0.05, 0.1) is 32.8 Å². The molecular formula is C87H208O19UV. The van der Waals surface area contributed by atoms with Crippen LogP contribution in [0.5, 0.6) is 0 Å². The van der Waals surface area contributed by atoms with Crippen LogP contribution in [0.3, 0.4) is 0 Å². The standard InChI is InChI=1S/C39H64O10.C8H10O4.C6H10O3.C4H10O2.C2H6.C2H4.26CH4.U.V/c1-13-22(6)18-32(40)24(8)19-28(15-3)36(44)37(45)30(21-29(16-4)39(47)49-48-12)20-25(9)34(42)38(46)31(17-5)26(10)27(11)35(43)33(41)23(7)14-2;1-3-7(9)11-5-6-12-8(10)4-2;1-3-6(7)9-5-4-8-2;1-5-3-4-6-2;2*1-2;;;;;;;;;;;;;;;;;;;;;;;;;;;;/h22-31H,13-21H2,1-12H3;3-4H,1-2,5-6H2;3H,1,4-5H2,2H3;3-4H2,1-2H3;1-2H3;1-2H2;26*1H4;;. The molecule has 0 rings (SSSR count). The molecule has 108 heavy (non-hydrogen) atoms. The monoisotopic (exact) mass is 1850 g/mol. The molecule has 0 aliphatic rings. The summed E-state index contributed by atoms with van der Waals surface area (Å²) in [7, 11) is 6.03. The number of carbonyl (C=O) groups is 11. The van der Waals surface area contributed by atoms with Gasteiger partial charge in [-0.05, 0) is 56.8 Å². The van der Waals surface area contributed by atoms with Crippen LogP contribution in [-0.4, -0.2) is 132 Å². The first-order valence-electron chi connectivity index (χ1n) is 27.7. The molecule has 10 atom stereocenters. The summed E-state index contributed by atoms with van der Waals surface area (Å²) >= 11 is 0. The predicted octanol–water partition coefficient (Wildman–Crippen LogP) is 26.4. The summed E-state index contributed by atoms with van der Waals surface area (Å²) < 4.78 is 27.5. The third kappa shape index (κ3) is 108. The third-order valence-corrected chi connectivity index (χ3v) is 12.8. The number of ether oxygens (including phenoxy) is 6. The minimum atomic E-state index is -1.07. The van der Waals surface area contributed by atoms with Gasteiger partial charge in [0.25, 0.3) is 0 Å². The van der Waals surface area contributed by atoms with E-state index in [0.29, 0.717) is 45.7 Å². The molecule has 10 unspecified atom stereocenters. The quantitative estimate of drug-likeness (QED) is 0.00809. The van der Waals surface area contributed by atoms with Gasteiger partial charge in [-0.15, -0.1) is 13.2 Å². The van der Waals surface area contributed by atoms with Gasteiger partial charge in [-0.2, -0.15) is 4.89 Å². The Bertz CT molecular complexity index is 1820. The summed E-state index contributed by atoms with van der Waals surface area (Å²) in [6.07, 6.45) is 5.79. The van der Waals surface area contributed by atoms with Crippen LogP contribution in [0.4, 0.5) is 0 Å². The largest absolute Gasteiger partial charge is 0.460 e. The van der Waals surface area contributed by atoms with Crippen molar-refractivity contribution in [1.82, 2.24) is 0 Å². The molecular weight excluding hydrogens is 1640 g/mol. The minimum Gasteiger partial charge on any atom is -0.460 e. The maximum atomic E-state index is 13.9. The number of esters is 3. The molecule has 0 amide bonds. The second kappa shape index (κ2) is 148. The van der Waals surface area contributed by atoms with E-state index in [1.54, 1.807) is 69.8 Å². The topological polar surface area (TPSA) is 262 Å². The second-order valence-corrected chi connectivity index (χ2v) is 18.4. The fourth-order valence-corrected chi connectivity index (χ4v) is 7.19. The molecule has 0 aromatic heterocycles. The minimum absolute atomic E-state index is 0. The molecule has 0 heterocycles. The molecule has 0 N–H and O–H groups in total. The van der Waals surface area contributed by atoms with E-state index in [4.69, 9.17) is 4.89 Å². The van der Waals surface area contributed by atoms with Gasteiger partial charge < -0.3 is 28.4 Å². The van der Waals surface area contributed by atoms with Gasteiger partial charge in [-0.3, -0.25) is 38.4 Å². The number of rotatable bonds is 39. The Morgan fingerprint density at radius 1 is 0.343 bits per heavy atom. The summed E-state index contributed by atoms with van der Waals surface area (Å²) in [5.74, 6) is -12.5. The second-order valence-electron chi connectivity index (χ2n) is 18.4. The van der Waals surface area contributed by atoms with Gasteiger partial charge in [0, 0.05) is 137 Å². The summed E-state index contributed by atoms with van der Waals surface area (Å²) in [5, 5.41) is 0. The normalized spacial score (nSPS) is 10.2. The van der Waals surface area contributed by atoms with Crippen LogP contribution in [-0.2, 0) is 109 Å². The molecule has 0 aromatic rings. The molecule has 0 saturated carbocycles. The molecule has 0 aromatic carbocycles. The Hall–Kier alpha value is -3.99. The van der Waals surface area contributed by atoms with Crippen molar-refractivity contribution in [2.75, 3.05) is 68.1 Å². The zero-order valence-corrected chi connectivity index (χ0v) is 58.4. The van der Waals surface area contributed by atoms with E-state index in [9.17, 15) is 52.7 Å². The van der Waals surface area contributed by atoms with E-state index in [0.717, 1.165) is 24.6 Å². The summed E-state index contributed by atoms with van der Waals surface area (Å²) in [5.41, 5.74) is 0. The zero-order chi connectivity index (χ0) is 63.5. The zero-order valence-electron chi connectivity index (χ0n) is 52.9. The van der Waals surface area contributed by atoms with E-state index in [1.165, 1.54) is 14.0 Å². The van der Waals surface area contributed by atoms with Gasteiger partial charge in [-0.1, -0.05) is 309 Å². The smallest absolute Gasteiger partial charge is 0.345 e. The number of hydrogen-bond donors (Lipinski definition) is 0. The van der Waals surface area contributed by atoms with E-state index in [1.807, 2.05) is 34.6 Å². The van der Waals surface area contributed by atoms with E-state index >= 15 is 0 Å². The first kappa shape index (κ1) is 225. The average molecular weight is 1850 g/mol. The number of methoxy groups -OCH3 is 3. The number of Topliss-reactive ketones (excluding diaryl/α,β-unsaturated/α-hetero) is 7.